The third-order valence-electron chi connectivity index (χ3n) is 4.86. The molecule has 26 heavy (non-hydrogen) atoms. The molecule has 2 aromatic carbocycles. The van der Waals surface area contributed by atoms with E-state index in [1.165, 1.54) is 0 Å². The van der Waals surface area contributed by atoms with E-state index < -0.39 is 15.1 Å². The number of aryl methyl sites for hydroxylation is 2. The molecule has 1 amide bonds. The molecule has 0 spiro atoms. The van der Waals surface area contributed by atoms with Crippen molar-refractivity contribution in [1.82, 2.24) is 4.90 Å². The summed E-state index contributed by atoms with van der Waals surface area (Å²) in [5, 5.41) is 0.195. The molecule has 3 rings (SSSR count). The van der Waals surface area contributed by atoms with Gasteiger partial charge in [-0.25, -0.2) is 8.42 Å². The molecule has 6 heteroatoms. The first-order valence-corrected chi connectivity index (χ1v) is 10.6. The molecule has 4 nitrogen and oxygen atoms in total. The van der Waals surface area contributed by atoms with E-state index in [-0.39, 0.29) is 12.5 Å². The molecule has 1 heterocycles. The average molecular weight is 392 g/mol. The van der Waals surface area contributed by atoms with Crippen LogP contribution in [0.4, 0.5) is 0 Å². The Hall–Kier alpha value is -1.85. The molecular weight excluding hydrogens is 370 g/mol. The van der Waals surface area contributed by atoms with Crippen molar-refractivity contribution in [2.75, 3.05) is 13.1 Å². The lowest BCUT2D eigenvalue weighted by Gasteiger charge is -2.17. The predicted octanol–water partition coefficient (Wildman–Crippen LogP) is 3.66. The summed E-state index contributed by atoms with van der Waals surface area (Å²) in [4.78, 5) is 14.5. The van der Waals surface area contributed by atoms with E-state index in [0.717, 1.165) is 11.1 Å². The first kappa shape index (κ1) is 18.9. The Morgan fingerprint density at radius 2 is 1.92 bits per heavy atom. The van der Waals surface area contributed by atoms with E-state index in [2.05, 4.69) is 0 Å². The zero-order chi connectivity index (χ0) is 18.7. The fourth-order valence-electron chi connectivity index (χ4n) is 3.28. The van der Waals surface area contributed by atoms with E-state index >= 15 is 0 Å². The lowest BCUT2D eigenvalue weighted by Crippen LogP contribution is -2.32. The van der Waals surface area contributed by atoms with E-state index in [9.17, 15) is 13.2 Å². The summed E-state index contributed by atoms with van der Waals surface area (Å²) >= 11 is 6.02. The second-order valence-corrected chi connectivity index (χ2v) is 9.33. The van der Waals surface area contributed by atoms with E-state index in [4.69, 9.17) is 11.6 Å². The van der Waals surface area contributed by atoms with Gasteiger partial charge in [-0.1, -0.05) is 41.9 Å². The number of sulfone groups is 1. The number of hydrogen-bond acceptors (Lipinski definition) is 3. The summed E-state index contributed by atoms with van der Waals surface area (Å²) in [5.74, 6) is 0.00312. The molecule has 138 valence electrons. The van der Waals surface area contributed by atoms with Crippen LogP contribution in [0.15, 0.2) is 53.4 Å². The van der Waals surface area contributed by atoms with Gasteiger partial charge >= 0.3 is 0 Å². The molecule has 1 unspecified atom stereocenters. The van der Waals surface area contributed by atoms with Crippen molar-refractivity contribution in [1.29, 1.82) is 0 Å². The monoisotopic (exact) mass is 391 g/mol. The van der Waals surface area contributed by atoms with Gasteiger partial charge in [0.25, 0.3) is 0 Å². The zero-order valence-corrected chi connectivity index (χ0v) is 16.3. The highest BCUT2D eigenvalue weighted by Crippen LogP contribution is 2.24. The van der Waals surface area contributed by atoms with Gasteiger partial charge in [-0.2, -0.15) is 0 Å². The van der Waals surface area contributed by atoms with Gasteiger partial charge in [0, 0.05) is 24.5 Å². The second-order valence-electron chi connectivity index (χ2n) is 6.69. The topological polar surface area (TPSA) is 54.5 Å². The fourth-order valence-corrected chi connectivity index (χ4v) is 5.11. The first-order valence-electron chi connectivity index (χ1n) is 8.69. The summed E-state index contributed by atoms with van der Waals surface area (Å²) in [6.07, 6.45) is 1.49. The van der Waals surface area contributed by atoms with Gasteiger partial charge in [0.2, 0.25) is 5.91 Å². The minimum absolute atomic E-state index is 0.00312. The molecule has 1 fully saturated rings. The van der Waals surface area contributed by atoms with Gasteiger partial charge in [0.1, 0.15) is 0 Å². The van der Waals surface area contributed by atoms with Gasteiger partial charge in [-0.3, -0.25) is 4.79 Å². The average Bonchev–Trinajstić information content (AvgIpc) is 3.14. The minimum Gasteiger partial charge on any atom is -0.341 e. The third-order valence-corrected chi connectivity index (χ3v) is 7.47. The molecule has 2 aromatic rings. The number of carbonyl (C=O) groups excluding carboxylic acids is 1. The molecule has 1 aliphatic rings. The van der Waals surface area contributed by atoms with Crippen LogP contribution in [-0.2, 0) is 21.1 Å². The summed E-state index contributed by atoms with van der Waals surface area (Å²) < 4.78 is 25.4. The van der Waals surface area contributed by atoms with Crippen LogP contribution in [-0.4, -0.2) is 37.6 Å². The van der Waals surface area contributed by atoms with Gasteiger partial charge in [-0.05, 0) is 49.1 Å². The van der Waals surface area contributed by atoms with Crippen molar-refractivity contribution in [2.24, 2.45) is 0 Å². The Balaban J connectivity index is 1.59. The van der Waals surface area contributed by atoms with Crippen molar-refractivity contribution in [3.05, 3.63) is 64.7 Å². The van der Waals surface area contributed by atoms with Crippen LogP contribution in [0.25, 0.3) is 0 Å². The molecule has 1 aliphatic heterocycles. The smallest absolute Gasteiger partial charge is 0.222 e. The molecular formula is C20H22ClNO3S. The van der Waals surface area contributed by atoms with Gasteiger partial charge in [0.15, 0.2) is 9.84 Å². The lowest BCUT2D eigenvalue weighted by molar-refractivity contribution is -0.130. The van der Waals surface area contributed by atoms with Crippen LogP contribution in [0.5, 0.6) is 0 Å². The Labute approximate surface area is 159 Å². The highest BCUT2D eigenvalue weighted by atomic mass is 35.5. The Bertz CT molecular complexity index is 897. The van der Waals surface area contributed by atoms with E-state index in [1.54, 1.807) is 35.2 Å². The Kier molecular flexibility index (Phi) is 5.68. The summed E-state index contributed by atoms with van der Waals surface area (Å²) in [6, 6.07) is 14.2. The number of halogens is 1. The number of benzene rings is 2. The Morgan fingerprint density at radius 3 is 2.62 bits per heavy atom. The van der Waals surface area contributed by atoms with Crippen molar-refractivity contribution in [3.63, 3.8) is 0 Å². The number of likely N-dealkylation sites (tertiary alicyclic amines) is 1. The fraction of sp³-hybridized carbons (Fsp3) is 0.350. The standard InChI is InChI=1S/C20H22ClNO3S/c1-15-13-16(7-9-19(15)21)8-10-20(23)22-12-11-18(14-22)26(24,25)17-5-3-2-4-6-17/h2-7,9,13,18H,8,10-12,14H2,1H3. The molecule has 0 bridgehead atoms. The number of carbonyl (C=O) groups is 1. The number of hydrogen-bond donors (Lipinski definition) is 0. The van der Waals surface area contributed by atoms with Crippen LogP contribution >= 0.6 is 11.6 Å². The van der Waals surface area contributed by atoms with Crippen LogP contribution in [0.3, 0.4) is 0 Å². The number of rotatable bonds is 5. The predicted molar refractivity (Wildman–Crippen MR) is 103 cm³/mol. The van der Waals surface area contributed by atoms with E-state index in [1.807, 2.05) is 25.1 Å². The molecule has 0 N–H and O–H groups in total. The molecule has 1 saturated heterocycles. The molecule has 0 aromatic heterocycles. The summed E-state index contributed by atoms with van der Waals surface area (Å²) in [5.41, 5.74) is 2.06. The lowest BCUT2D eigenvalue weighted by atomic mass is 10.1. The van der Waals surface area contributed by atoms with Gasteiger partial charge in [0.05, 0.1) is 10.1 Å². The highest BCUT2D eigenvalue weighted by molar-refractivity contribution is 7.92. The van der Waals surface area contributed by atoms with Crippen molar-refractivity contribution >= 4 is 27.3 Å². The quantitative estimate of drug-likeness (QED) is 0.781. The maximum atomic E-state index is 12.7. The van der Waals surface area contributed by atoms with Crippen LogP contribution < -0.4 is 0 Å². The largest absolute Gasteiger partial charge is 0.341 e. The minimum atomic E-state index is -3.39. The van der Waals surface area contributed by atoms with Crippen molar-refractivity contribution < 1.29 is 13.2 Å². The van der Waals surface area contributed by atoms with Crippen LogP contribution in [0.1, 0.15) is 24.0 Å². The second kappa shape index (κ2) is 7.80. The normalized spacial score (nSPS) is 17.5. The molecule has 1 atom stereocenters. The summed E-state index contributed by atoms with van der Waals surface area (Å²) in [6.45, 7) is 2.71. The highest BCUT2D eigenvalue weighted by Gasteiger charge is 2.35. The third kappa shape index (κ3) is 4.10. The van der Waals surface area contributed by atoms with Crippen molar-refractivity contribution in [2.45, 2.75) is 36.3 Å². The maximum Gasteiger partial charge on any atom is 0.222 e. The maximum absolute atomic E-state index is 12.7. The van der Waals surface area contributed by atoms with Gasteiger partial charge in [-0.15, -0.1) is 0 Å². The van der Waals surface area contributed by atoms with Crippen molar-refractivity contribution in [3.8, 4) is 0 Å². The SMILES string of the molecule is Cc1cc(CCC(=O)N2CCC(S(=O)(=O)c3ccccc3)C2)ccc1Cl. The molecule has 0 aliphatic carbocycles. The van der Waals surface area contributed by atoms with Crippen LogP contribution in [0.2, 0.25) is 5.02 Å². The molecule has 0 saturated carbocycles. The molecule has 0 radical (unpaired) electrons. The number of amides is 1. The first-order chi connectivity index (χ1) is 12.4. The van der Waals surface area contributed by atoms with E-state index in [0.29, 0.717) is 35.7 Å². The summed E-state index contributed by atoms with van der Waals surface area (Å²) in [7, 11) is -3.39. The van der Waals surface area contributed by atoms with Crippen LogP contribution in [0, 0.1) is 6.92 Å². The number of nitrogens with zero attached hydrogens (tertiary/aromatic N) is 1. The Morgan fingerprint density at radius 1 is 1.19 bits per heavy atom. The zero-order valence-electron chi connectivity index (χ0n) is 14.7. The van der Waals surface area contributed by atoms with Gasteiger partial charge < -0.3 is 4.90 Å².